The van der Waals surface area contributed by atoms with Crippen LogP contribution in [0, 0.1) is 11.3 Å². The lowest BCUT2D eigenvalue weighted by Gasteiger charge is -2.35. The summed E-state index contributed by atoms with van der Waals surface area (Å²) >= 11 is 0. The Balaban J connectivity index is 2.24. The van der Waals surface area contributed by atoms with Gasteiger partial charge in [-0.1, -0.05) is 0 Å². The fourth-order valence-electron chi connectivity index (χ4n) is 2.14. The van der Waals surface area contributed by atoms with Gasteiger partial charge in [0.2, 0.25) is 0 Å². The second kappa shape index (κ2) is 4.95. The van der Waals surface area contributed by atoms with Crippen LogP contribution in [0.1, 0.15) is 24.8 Å². The summed E-state index contributed by atoms with van der Waals surface area (Å²) in [6, 6.07) is 5.74. The number of aliphatic hydroxyl groups is 1. The largest absolute Gasteiger partial charge is 0.394 e. The molecule has 1 fully saturated rings. The van der Waals surface area contributed by atoms with E-state index in [0.717, 1.165) is 31.6 Å². The van der Waals surface area contributed by atoms with Crippen LogP contribution >= 0.6 is 0 Å². The molecule has 1 aliphatic heterocycles. The normalized spacial score (nSPS) is 20.5. The minimum absolute atomic E-state index is 0.148. The number of nitrogens with zero attached hydrogens (tertiary/aromatic N) is 3. The first-order chi connectivity index (χ1) is 7.85. The molecule has 1 N–H and O–H groups in total. The quantitative estimate of drug-likeness (QED) is 0.811. The number of aromatic nitrogens is 1. The molecule has 2 rings (SSSR count). The van der Waals surface area contributed by atoms with Gasteiger partial charge >= 0.3 is 0 Å². The summed E-state index contributed by atoms with van der Waals surface area (Å²) in [4.78, 5) is 6.37. The zero-order valence-corrected chi connectivity index (χ0v) is 9.13. The molecule has 1 unspecified atom stereocenters. The summed E-state index contributed by atoms with van der Waals surface area (Å²) in [5.41, 5.74) is 0.618. The molecule has 0 radical (unpaired) electrons. The van der Waals surface area contributed by atoms with Crippen molar-refractivity contribution >= 4 is 5.82 Å². The molecule has 1 aromatic heterocycles. The monoisotopic (exact) mass is 217 g/mol. The van der Waals surface area contributed by atoms with Crippen molar-refractivity contribution in [2.75, 3.05) is 18.1 Å². The van der Waals surface area contributed by atoms with Gasteiger partial charge in [0.15, 0.2) is 0 Å². The second-order valence-electron chi connectivity index (χ2n) is 4.04. The van der Waals surface area contributed by atoms with Crippen LogP contribution in [0.2, 0.25) is 0 Å². The molecule has 1 aliphatic rings. The van der Waals surface area contributed by atoms with E-state index >= 15 is 0 Å². The lowest BCUT2D eigenvalue weighted by atomic mass is 10.0. The average Bonchev–Trinajstić information content (AvgIpc) is 2.38. The molecule has 0 aliphatic carbocycles. The predicted octanol–water partition coefficient (Wildman–Crippen LogP) is 1.30. The van der Waals surface area contributed by atoms with Crippen molar-refractivity contribution in [3.05, 3.63) is 23.9 Å². The van der Waals surface area contributed by atoms with E-state index in [-0.39, 0.29) is 12.6 Å². The molecule has 16 heavy (non-hydrogen) atoms. The SMILES string of the molecule is N#Cc1ccnc(N2CCCCC2CO)c1. The maximum atomic E-state index is 9.31. The Bertz CT molecular complexity index is 399. The average molecular weight is 217 g/mol. The highest BCUT2D eigenvalue weighted by atomic mass is 16.3. The molecule has 2 heterocycles. The number of hydrogen-bond acceptors (Lipinski definition) is 4. The Morgan fingerprint density at radius 3 is 3.19 bits per heavy atom. The highest BCUT2D eigenvalue weighted by Crippen LogP contribution is 2.23. The maximum absolute atomic E-state index is 9.31. The van der Waals surface area contributed by atoms with E-state index in [1.54, 1.807) is 18.3 Å². The first kappa shape index (κ1) is 10.9. The molecule has 1 aromatic rings. The molecule has 4 heteroatoms. The van der Waals surface area contributed by atoms with E-state index in [9.17, 15) is 5.11 Å². The molecule has 4 nitrogen and oxygen atoms in total. The summed E-state index contributed by atoms with van der Waals surface area (Å²) < 4.78 is 0. The lowest BCUT2D eigenvalue weighted by Crippen LogP contribution is -2.42. The van der Waals surface area contributed by atoms with Crippen LogP contribution in [0.15, 0.2) is 18.3 Å². The van der Waals surface area contributed by atoms with Crippen molar-refractivity contribution in [1.82, 2.24) is 4.98 Å². The van der Waals surface area contributed by atoms with Gasteiger partial charge < -0.3 is 10.0 Å². The zero-order valence-electron chi connectivity index (χ0n) is 9.13. The zero-order chi connectivity index (χ0) is 11.4. The molecule has 0 bridgehead atoms. The van der Waals surface area contributed by atoms with Gasteiger partial charge in [-0.25, -0.2) is 4.98 Å². The minimum Gasteiger partial charge on any atom is -0.394 e. The van der Waals surface area contributed by atoms with Crippen molar-refractivity contribution < 1.29 is 5.11 Å². The van der Waals surface area contributed by atoms with Crippen molar-refractivity contribution in [3.63, 3.8) is 0 Å². The Morgan fingerprint density at radius 2 is 2.44 bits per heavy atom. The molecule has 0 amide bonds. The summed E-state index contributed by atoms with van der Waals surface area (Å²) in [7, 11) is 0. The first-order valence-electron chi connectivity index (χ1n) is 5.59. The second-order valence-corrected chi connectivity index (χ2v) is 4.04. The van der Waals surface area contributed by atoms with Crippen LogP contribution in [0.5, 0.6) is 0 Å². The first-order valence-corrected chi connectivity index (χ1v) is 5.59. The Labute approximate surface area is 95.1 Å². The molecular weight excluding hydrogens is 202 g/mol. The maximum Gasteiger partial charge on any atom is 0.130 e. The molecule has 0 saturated carbocycles. The third-order valence-corrected chi connectivity index (χ3v) is 3.01. The van der Waals surface area contributed by atoms with E-state index in [1.165, 1.54) is 0 Å². The number of anilines is 1. The molecule has 1 atom stereocenters. The molecule has 1 saturated heterocycles. The smallest absolute Gasteiger partial charge is 0.130 e. The fourth-order valence-corrected chi connectivity index (χ4v) is 2.14. The fraction of sp³-hybridized carbons (Fsp3) is 0.500. The van der Waals surface area contributed by atoms with Crippen LogP contribution in [-0.4, -0.2) is 29.3 Å². The predicted molar refractivity (Wildman–Crippen MR) is 61.0 cm³/mol. The van der Waals surface area contributed by atoms with Gasteiger partial charge in [0, 0.05) is 12.7 Å². The van der Waals surface area contributed by atoms with E-state index in [0.29, 0.717) is 5.56 Å². The summed E-state index contributed by atoms with van der Waals surface area (Å²) in [6.07, 6.45) is 4.92. The van der Waals surface area contributed by atoms with Crippen LogP contribution in [0.4, 0.5) is 5.82 Å². The van der Waals surface area contributed by atoms with E-state index < -0.39 is 0 Å². The number of hydrogen-bond donors (Lipinski definition) is 1. The number of nitriles is 1. The van der Waals surface area contributed by atoms with Crippen LogP contribution in [0.3, 0.4) is 0 Å². The molecular formula is C12H15N3O. The molecule has 0 spiro atoms. The van der Waals surface area contributed by atoms with Gasteiger partial charge in [-0.05, 0) is 31.4 Å². The van der Waals surface area contributed by atoms with E-state index in [2.05, 4.69) is 16.0 Å². The van der Waals surface area contributed by atoms with Gasteiger partial charge in [-0.15, -0.1) is 0 Å². The van der Waals surface area contributed by atoms with Gasteiger partial charge in [-0.3, -0.25) is 0 Å². The van der Waals surface area contributed by atoms with E-state index in [4.69, 9.17) is 5.26 Å². The lowest BCUT2D eigenvalue weighted by molar-refractivity contribution is 0.239. The van der Waals surface area contributed by atoms with Crippen molar-refractivity contribution in [2.24, 2.45) is 0 Å². The topological polar surface area (TPSA) is 60.2 Å². The number of pyridine rings is 1. The van der Waals surface area contributed by atoms with Crippen molar-refractivity contribution in [1.29, 1.82) is 5.26 Å². The van der Waals surface area contributed by atoms with Gasteiger partial charge in [0.1, 0.15) is 5.82 Å². The molecule has 0 aromatic carbocycles. The van der Waals surface area contributed by atoms with Crippen molar-refractivity contribution in [3.8, 4) is 6.07 Å². The van der Waals surface area contributed by atoms with Crippen molar-refractivity contribution in [2.45, 2.75) is 25.3 Å². The van der Waals surface area contributed by atoms with Gasteiger partial charge in [0.05, 0.1) is 24.3 Å². The number of rotatable bonds is 2. The molecule has 84 valence electrons. The third kappa shape index (κ3) is 2.15. The minimum atomic E-state index is 0.148. The highest BCUT2D eigenvalue weighted by Gasteiger charge is 2.22. The van der Waals surface area contributed by atoms with Crippen LogP contribution in [-0.2, 0) is 0 Å². The highest BCUT2D eigenvalue weighted by molar-refractivity contribution is 5.46. The number of piperidine rings is 1. The van der Waals surface area contributed by atoms with Gasteiger partial charge in [-0.2, -0.15) is 5.26 Å². The summed E-state index contributed by atoms with van der Waals surface area (Å²) in [5, 5.41) is 18.2. The Kier molecular flexibility index (Phi) is 3.37. The third-order valence-electron chi connectivity index (χ3n) is 3.01. The Morgan fingerprint density at radius 1 is 1.56 bits per heavy atom. The summed E-state index contributed by atoms with van der Waals surface area (Å²) in [6.45, 7) is 1.06. The van der Waals surface area contributed by atoms with Gasteiger partial charge in [0.25, 0.3) is 0 Å². The van der Waals surface area contributed by atoms with Crippen LogP contribution < -0.4 is 4.90 Å². The standard InChI is InChI=1S/C12H15N3O/c13-8-10-4-5-14-12(7-10)15-6-2-1-3-11(15)9-16/h4-5,7,11,16H,1-3,6,9H2. The van der Waals surface area contributed by atoms with Crippen LogP contribution in [0.25, 0.3) is 0 Å². The van der Waals surface area contributed by atoms with E-state index in [1.807, 2.05) is 0 Å². The number of aliphatic hydroxyl groups excluding tert-OH is 1. The summed E-state index contributed by atoms with van der Waals surface area (Å²) in [5.74, 6) is 0.804. The Hall–Kier alpha value is -1.60.